The van der Waals surface area contributed by atoms with Crippen molar-refractivity contribution in [1.29, 1.82) is 0 Å². The second-order valence-corrected chi connectivity index (χ2v) is 6.94. The molecule has 2 unspecified atom stereocenters. The van der Waals surface area contributed by atoms with Gasteiger partial charge in [0, 0.05) is 21.6 Å². The van der Waals surface area contributed by atoms with Crippen LogP contribution in [0.1, 0.15) is 37.8 Å². The van der Waals surface area contributed by atoms with E-state index in [1.807, 2.05) is 18.2 Å². The summed E-state index contributed by atoms with van der Waals surface area (Å²) >= 11 is 9.66. The van der Waals surface area contributed by atoms with Gasteiger partial charge in [-0.1, -0.05) is 33.6 Å². The van der Waals surface area contributed by atoms with Gasteiger partial charge >= 0.3 is 0 Å². The molecule has 1 aromatic rings. The van der Waals surface area contributed by atoms with E-state index in [4.69, 9.17) is 17.3 Å². The second kappa shape index (κ2) is 6.57. The molecule has 0 aliphatic heterocycles. The highest BCUT2D eigenvalue weighted by Crippen LogP contribution is 2.35. The van der Waals surface area contributed by atoms with Crippen LogP contribution in [0.25, 0.3) is 0 Å². The number of hydrogen-bond acceptors (Lipinski definition) is 2. The van der Waals surface area contributed by atoms with Gasteiger partial charge in [0.2, 0.25) is 0 Å². The van der Waals surface area contributed by atoms with Crippen molar-refractivity contribution in [1.82, 2.24) is 4.90 Å². The highest BCUT2D eigenvalue weighted by Gasteiger charge is 2.30. The number of benzene rings is 1. The molecule has 0 heterocycles. The van der Waals surface area contributed by atoms with Crippen molar-refractivity contribution in [2.45, 2.75) is 38.3 Å². The van der Waals surface area contributed by atoms with E-state index in [1.165, 1.54) is 12.8 Å². The van der Waals surface area contributed by atoms with Crippen molar-refractivity contribution in [3.63, 3.8) is 0 Å². The lowest BCUT2D eigenvalue weighted by Gasteiger charge is -2.26. The van der Waals surface area contributed by atoms with Gasteiger partial charge in [-0.2, -0.15) is 0 Å². The summed E-state index contributed by atoms with van der Waals surface area (Å²) in [5.41, 5.74) is 7.30. The molecule has 1 aliphatic carbocycles. The predicted octanol–water partition coefficient (Wildman–Crippen LogP) is 4.22. The Balaban J connectivity index is 1.87. The van der Waals surface area contributed by atoms with Crippen molar-refractivity contribution in [3.8, 4) is 0 Å². The molecule has 2 nitrogen and oxygen atoms in total. The van der Waals surface area contributed by atoms with Gasteiger partial charge in [0.1, 0.15) is 0 Å². The highest BCUT2D eigenvalue weighted by molar-refractivity contribution is 9.10. The number of halogens is 2. The lowest BCUT2D eigenvalue weighted by Crippen LogP contribution is -2.33. The van der Waals surface area contributed by atoms with Gasteiger partial charge in [0.15, 0.2) is 0 Å². The van der Waals surface area contributed by atoms with Crippen LogP contribution in [0, 0.1) is 5.92 Å². The molecule has 0 aromatic heterocycles. The van der Waals surface area contributed by atoms with E-state index in [9.17, 15) is 0 Å². The van der Waals surface area contributed by atoms with Crippen molar-refractivity contribution >= 4 is 27.5 Å². The maximum Gasteiger partial charge on any atom is 0.0464 e. The molecule has 0 radical (unpaired) electrons. The Bertz CT molecular complexity index is 434. The van der Waals surface area contributed by atoms with Crippen LogP contribution >= 0.6 is 27.5 Å². The predicted molar refractivity (Wildman–Crippen MR) is 85.5 cm³/mol. The quantitative estimate of drug-likeness (QED) is 0.836. The molecule has 2 rings (SSSR count). The van der Waals surface area contributed by atoms with Crippen LogP contribution in [0.4, 0.5) is 0 Å². The fourth-order valence-electron chi connectivity index (χ4n) is 2.44. The molecule has 19 heavy (non-hydrogen) atoms. The van der Waals surface area contributed by atoms with Crippen LogP contribution in [0.5, 0.6) is 0 Å². The maximum absolute atomic E-state index is 6.26. The van der Waals surface area contributed by atoms with E-state index >= 15 is 0 Å². The first kappa shape index (κ1) is 15.3. The Morgan fingerprint density at radius 1 is 1.47 bits per heavy atom. The number of rotatable bonds is 6. The lowest BCUT2D eigenvalue weighted by atomic mass is 10.0. The average molecular weight is 346 g/mol. The largest absolute Gasteiger partial charge is 0.324 e. The molecule has 1 saturated carbocycles. The lowest BCUT2D eigenvalue weighted by molar-refractivity contribution is 0.226. The Morgan fingerprint density at radius 3 is 2.74 bits per heavy atom. The molecule has 1 fully saturated rings. The second-order valence-electron chi connectivity index (χ2n) is 5.62. The third kappa shape index (κ3) is 4.19. The number of nitrogens with two attached hydrogens (primary N) is 1. The van der Waals surface area contributed by atoms with E-state index in [0.717, 1.165) is 33.9 Å². The minimum Gasteiger partial charge on any atom is -0.324 e. The monoisotopic (exact) mass is 344 g/mol. The molecule has 106 valence electrons. The average Bonchev–Trinajstić information content (AvgIpc) is 3.18. The summed E-state index contributed by atoms with van der Waals surface area (Å²) in [5.74, 6) is 0.900. The summed E-state index contributed by atoms with van der Waals surface area (Å²) in [5, 5.41) is 0.750. The topological polar surface area (TPSA) is 29.3 Å². The first-order valence-electron chi connectivity index (χ1n) is 6.90. The standard InChI is InChI=1S/C15H22BrClN2/c1-10(11-3-4-11)19(2)8-7-15(18)13-6-5-12(16)9-14(13)17/h5-6,9-11,15H,3-4,7-8,18H2,1-2H3. The maximum atomic E-state index is 6.26. The van der Waals surface area contributed by atoms with Gasteiger partial charge in [0.25, 0.3) is 0 Å². The third-order valence-electron chi connectivity index (χ3n) is 4.15. The molecule has 0 amide bonds. The summed E-state index contributed by atoms with van der Waals surface area (Å²) in [4.78, 5) is 2.42. The summed E-state index contributed by atoms with van der Waals surface area (Å²) in [6.07, 6.45) is 3.71. The van der Waals surface area contributed by atoms with Crippen LogP contribution in [0.3, 0.4) is 0 Å². The Labute approximate surface area is 129 Å². The zero-order chi connectivity index (χ0) is 14.0. The zero-order valence-corrected chi connectivity index (χ0v) is 13.9. The van der Waals surface area contributed by atoms with E-state index in [-0.39, 0.29) is 6.04 Å². The van der Waals surface area contributed by atoms with Crippen molar-refractivity contribution in [3.05, 3.63) is 33.3 Å². The first-order chi connectivity index (χ1) is 8.99. The van der Waals surface area contributed by atoms with E-state index < -0.39 is 0 Å². The van der Waals surface area contributed by atoms with E-state index in [0.29, 0.717) is 6.04 Å². The highest BCUT2D eigenvalue weighted by atomic mass is 79.9. The van der Waals surface area contributed by atoms with Crippen LogP contribution in [0.15, 0.2) is 22.7 Å². The molecule has 1 aliphatic rings. The molecule has 2 N–H and O–H groups in total. The normalized spacial score (nSPS) is 18.6. The van der Waals surface area contributed by atoms with Gasteiger partial charge in [-0.05, 0) is 63.4 Å². The Morgan fingerprint density at radius 2 is 2.16 bits per heavy atom. The molecule has 0 spiro atoms. The van der Waals surface area contributed by atoms with Gasteiger partial charge in [0.05, 0.1) is 0 Å². The number of hydrogen-bond donors (Lipinski definition) is 1. The first-order valence-corrected chi connectivity index (χ1v) is 8.07. The molecular weight excluding hydrogens is 324 g/mol. The van der Waals surface area contributed by atoms with Crippen molar-refractivity contribution in [2.75, 3.05) is 13.6 Å². The Hall–Kier alpha value is -0.0900. The summed E-state index contributed by atoms with van der Waals surface area (Å²) in [6, 6.07) is 6.61. The fourth-order valence-corrected chi connectivity index (χ4v) is 3.26. The third-order valence-corrected chi connectivity index (χ3v) is 4.97. The van der Waals surface area contributed by atoms with Gasteiger partial charge in [-0.25, -0.2) is 0 Å². The van der Waals surface area contributed by atoms with E-state index in [2.05, 4.69) is 34.8 Å². The molecule has 2 atom stereocenters. The number of nitrogens with zero attached hydrogens (tertiary/aromatic N) is 1. The van der Waals surface area contributed by atoms with Crippen molar-refractivity contribution < 1.29 is 0 Å². The minimum atomic E-state index is 0.00875. The SMILES string of the molecule is CC(C1CC1)N(C)CCC(N)c1ccc(Br)cc1Cl. The molecule has 0 saturated heterocycles. The van der Waals surface area contributed by atoms with Gasteiger partial charge < -0.3 is 10.6 Å². The molecule has 0 bridgehead atoms. The molecule has 1 aromatic carbocycles. The van der Waals surface area contributed by atoms with Crippen LogP contribution in [-0.4, -0.2) is 24.5 Å². The van der Waals surface area contributed by atoms with Crippen molar-refractivity contribution in [2.24, 2.45) is 11.7 Å². The Kier molecular flexibility index (Phi) is 5.29. The van der Waals surface area contributed by atoms with Gasteiger partial charge in [-0.3, -0.25) is 0 Å². The van der Waals surface area contributed by atoms with Crippen LogP contribution < -0.4 is 5.73 Å². The minimum absolute atomic E-state index is 0.00875. The van der Waals surface area contributed by atoms with Crippen LogP contribution in [-0.2, 0) is 0 Å². The van der Waals surface area contributed by atoms with Gasteiger partial charge in [-0.15, -0.1) is 0 Å². The molecular formula is C15H22BrClN2. The summed E-state index contributed by atoms with van der Waals surface area (Å²) in [6.45, 7) is 3.33. The smallest absolute Gasteiger partial charge is 0.0464 e. The van der Waals surface area contributed by atoms with E-state index in [1.54, 1.807) is 0 Å². The zero-order valence-electron chi connectivity index (χ0n) is 11.6. The van der Waals surface area contributed by atoms with Crippen LogP contribution in [0.2, 0.25) is 5.02 Å². The summed E-state index contributed by atoms with van der Waals surface area (Å²) < 4.78 is 0.993. The summed E-state index contributed by atoms with van der Waals surface area (Å²) in [7, 11) is 2.19. The molecule has 4 heteroatoms. The fraction of sp³-hybridized carbons (Fsp3) is 0.600.